The van der Waals surface area contributed by atoms with E-state index in [0.29, 0.717) is 6.61 Å². The van der Waals surface area contributed by atoms with Crippen LogP contribution < -0.4 is 0 Å². The second kappa shape index (κ2) is 7.34. The largest absolute Gasteiger partial charge is 0.459 e. The van der Waals surface area contributed by atoms with Gasteiger partial charge in [-0.15, -0.1) is 0 Å². The zero-order valence-electron chi connectivity index (χ0n) is 10.6. The van der Waals surface area contributed by atoms with Crippen molar-refractivity contribution >= 4 is 5.97 Å². The Balaban J connectivity index is 1.65. The van der Waals surface area contributed by atoms with Gasteiger partial charge in [0.05, 0.1) is 6.61 Å². The third-order valence-corrected chi connectivity index (χ3v) is 2.57. The van der Waals surface area contributed by atoms with Crippen molar-refractivity contribution in [3.05, 3.63) is 71.8 Å². The average molecular weight is 256 g/mol. The minimum atomic E-state index is -0.347. The van der Waals surface area contributed by atoms with Crippen molar-refractivity contribution < 1.29 is 14.3 Å². The number of benzene rings is 2. The van der Waals surface area contributed by atoms with Crippen molar-refractivity contribution in [1.29, 1.82) is 0 Å². The summed E-state index contributed by atoms with van der Waals surface area (Å²) < 4.78 is 10.4. The fourth-order valence-corrected chi connectivity index (χ4v) is 1.61. The van der Waals surface area contributed by atoms with Crippen molar-refractivity contribution in [3.8, 4) is 0 Å². The summed E-state index contributed by atoms with van der Waals surface area (Å²) in [6, 6.07) is 19.3. The molecule has 3 nitrogen and oxygen atoms in total. The molecule has 0 aliphatic heterocycles. The van der Waals surface area contributed by atoms with Crippen LogP contribution in [0.2, 0.25) is 0 Å². The first-order valence-corrected chi connectivity index (χ1v) is 6.16. The molecular weight excluding hydrogens is 240 g/mol. The van der Waals surface area contributed by atoms with Gasteiger partial charge in [-0.2, -0.15) is 0 Å². The predicted octanol–water partition coefficient (Wildman–Crippen LogP) is 2.95. The molecule has 0 spiro atoms. The van der Waals surface area contributed by atoms with E-state index in [-0.39, 0.29) is 19.2 Å². The Kier molecular flexibility index (Phi) is 5.14. The molecule has 2 rings (SSSR count). The van der Waals surface area contributed by atoms with Gasteiger partial charge in [0.15, 0.2) is 0 Å². The Morgan fingerprint density at radius 3 is 1.89 bits per heavy atom. The number of carbonyl (C=O) groups is 1. The van der Waals surface area contributed by atoms with E-state index < -0.39 is 0 Å². The van der Waals surface area contributed by atoms with Gasteiger partial charge in [0.2, 0.25) is 0 Å². The van der Waals surface area contributed by atoms with E-state index >= 15 is 0 Å². The molecule has 0 saturated heterocycles. The van der Waals surface area contributed by atoms with Crippen LogP contribution in [0.5, 0.6) is 0 Å². The summed E-state index contributed by atoms with van der Waals surface area (Å²) >= 11 is 0. The van der Waals surface area contributed by atoms with E-state index in [1.807, 2.05) is 60.7 Å². The standard InChI is InChI=1S/C16H16O3/c17-16(19-12-15-9-5-2-6-10-15)13-18-11-14-7-3-1-4-8-14/h1-10H,11-13H2. The van der Waals surface area contributed by atoms with E-state index in [1.54, 1.807) is 0 Å². The third-order valence-electron chi connectivity index (χ3n) is 2.57. The highest BCUT2D eigenvalue weighted by atomic mass is 16.6. The fourth-order valence-electron chi connectivity index (χ4n) is 1.61. The van der Waals surface area contributed by atoms with Crippen LogP contribution in [0.3, 0.4) is 0 Å². The maximum atomic E-state index is 11.5. The molecular formula is C16H16O3. The van der Waals surface area contributed by atoms with E-state index in [9.17, 15) is 4.79 Å². The van der Waals surface area contributed by atoms with Crippen molar-refractivity contribution in [2.45, 2.75) is 13.2 Å². The molecule has 0 unspecified atom stereocenters. The molecule has 19 heavy (non-hydrogen) atoms. The van der Waals surface area contributed by atoms with Crippen LogP contribution in [0.25, 0.3) is 0 Å². The summed E-state index contributed by atoms with van der Waals surface area (Å²) in [5.41, 5.74) is 2.01. The van der Waals surface area contributed by atoms with Crippen LogP contribution in [0, 0.1) is 0 Å². The predicted molar refractivity (Wildman–Crippen MR) is 72.3 cm³/mol. The molecule has 0 N–H and O–H groups in total. The highest BCUT2D eigenvalue weighted by Crippen LogP contribution is 2.02. The molecule has 0 aliphatic rings. The lowest BCUT2D eigenvalue weighted by molar-refractivity contribution is -0.150. The van der Waals surface area contributed by atoms with E-state index in [1.165, 1.54) is 0 Å². The number of rotatable bonds is 6. The maximum Gasteiger partial charge on any atom is 0.332 e. The first-order chi connectivity index (χ1) is 9.34. The van der Waals surface area contributed by atoms with E-state index in [2.05, 4.69) is 0 Å². The second-order valence-corrected chi connectivity index (χ2v) is 4.12. The average Bonchev–Trinajstić information content (AvgIpc) is 2.47. The van der Waals surface area contributed by atoms with Crippen molar-refractivity contribution in [2.24, 2.45) is 0 Å². The molecule has 2 aromatic rings. The quantitative estimate of drug-likeness (QED) is 0.745. The van der Waals surface area contributed by atoms with Gasteiger partial charge in [0.1, 0.15) is 13.2 Å². The molecule has 2 aromatic carbocycles. The van der Waals surface area contributed by atoms with E-state index in [0.717, 1.165) is 11.1 Å². The molecule has 0 fully saturated rings. The Hall–Kier alpha value is -2.13. The lowest BCUT2D eigenvalue weighted by Gasteiger charge is -2.06. The summed E-state index contributed by atoms with van der Waals surface area (Å²) in [6.07, 6.45) is 0. The van der Waals surface area contributed by atoms with E-state index in [4.69, 9.17) is 9.47 Å². The van der Waals surface area contributed by atoms with Crippen LogP contribution in [-0.4, -0.2) is 12.6 Å². The van der Waals surface area contributed by atoms with Crippen LogP contribution in [-0.2, 0) is 27.5 Å². The highest BCUT2D eigenvalue weighted by molar-refractivity contribution is 5.70. The zero-order valence-corrected chi connectivity index (χ0v) is 10.6. The number of hydrogen-bond acceptors (Lipinski definition) is 3. The maximum absolute atomic E-state index is 11.5. The van der Waals surface area contributed by atoms with Gasteiger partial charge < -0.3 is 9.47 Å². The Morgan fingerprint density at radius 1 is 0.789 bits per heavy atom. The monoisotopic (exact) mass is 256 g/mol. The smallest absolute Gasteiger partial charge is 0.332 e. The third kappa shape index (κ3) is 4.94. The molecule has 98 valence electrons. The molecule has 0 saturated carbocycles. The normalized spacial score (nSPS) is 10.1. The molecule has 0 bridgehead atoms. The number of ether oxygens (including phenoxy) is 2. The second-order valence-electron chi connectivity index (χ2n) is 4.12. The van der Waals surface area contributed by atoms with Crippen LogP contribution >= 0.6 is 0 Å². The highest BCUT2D eigenvalue weighted by Gasteiger charge is 2.03. The van der Waals surface area contributed by atoms with Crippen LogP contribution in [0.4, 0.5) is 0 Å². The Morgan fingerprint density at radius 2 is 1.32 bits per heavy atom. The zero-order chi connectivity index (χ0) is 13.3. The Bertz CT molecular complexity index is 494. The van der Waals surface area contributed by atoms with Crippen molar-refractivity contribution in [2.75, 3.05) is 6.61 Å². The molecule has 0 amide bonds. The summed E-state index contributed by atoms with van der Waals surface area (Å²) in [6.45, 7) is 0.678. The first-order valence-electron chi connectivity index (χ1n) is 6.16. The van der Waals surface area contributed by atoms with Crippen LogP contribution in [0.15, 0.2) is 60.7 Å². The van der Waals surface area contributed by atoms with Crippen molar-refractivity contribution in [3.63, 3.8) is 0 Å². The number of carbonyl (C=O) groups excluding carboxylic acids is 1. The van der Waals surface area contributed by atoms with Gasteiger partial charge in [0, 0.05) is 0 Å². The van der Waals surface area contributed by atoms with Crippen LogP contribution in [0.1, 0.15) is 11.1 Å². The molecule has 0 aliphatic carbocycles. The summed E-state index contributed by atoms with van der Waals surface area (Å²) in [5.74, 6) is -0.347. The lowest BCUT2D eigenvalue weighted by atomic mass is 10.2. The van der Waals surface area contributed by atoms with Gasteiger partial charge in [-0.1, -0.05) is 60.7 Å². The molecule has 0 atom stereocenters. The SMILES string of the molecule is O=C(COCc1ccccc1)OCc1ccccc1. The fraction of sp³-hybridized carbons (Fsp3) is 0.188. The minimum Gasteiger partial charge on any atom is -0.459 e. The molecule has 0 radical (unpaired) electrons. The minimum absolute atomic E-state index is 0.0261. The number of hydrogen-bond donors (Lipinski definition) is 0. The topological polar surface area (TPSA) is 35.5 Å². The lowest BCUT2D eigenvalue weighted by Crippen LogP contribution is -2.12. The van der Waals surface area contributed by atoms with Gasteiger partial charge in [0.25, 0.3) is 0 Å². The first kappa shape index (κ1) is 13.3. The van der Waals surface area contributed by atoms with Gasteiger partial charge >= 0.3 is 5.97 Å². The molecule has 0 heterocycles. The Labute approximate surface area is 112 Å². The van der Waals surface area contributed by atoms with Gasteiger partial charge in [-0.25, -0.2) is 4.79 Å². The summed E-state index contributed by atoms with van der Waals surface area (Å²) in [5, 5.41) is 0. The van der Waals surface area contributed by atoms with Gasteiger partial charge in [-0.05, 0) is 11.1 Å². The number of esters is 1. The molecule has 3 heteroatoms. The summed E-state index contributed by atoms with van der Waals surface area (Å²) in [4.78, 5) is 11.5. The summed E-state index contributed by atoms with van der Waals surface area (Å²) in [7, 11) is 0. The molecule has 0 aromatic heterocycles. The van der Waals surface area contributed by atoms with Crippen molar-refractivity contribution in [1.82, 2.24) is 0 Å². The van der Waals surface area contributed by atoms with Gasteiger partial charge in [-0.3, -0.25) is 0 Å².